The van der Waals surface area contributed by atoms with Crippen LogP contribution in [0.2, 0.25) is 0 Å². The number of hydrogen-bond acceptors (Lipinski definition) is 5. The summed E-state index contributed by atoms with van der Waals surface area (Å²) in [5.74, 6) is 1.04. The van der Waals surface area contributed by atoms with Crippen LogP contribution in [0, 0.1) is 13.8 Å². The molecule has 0 fully saturated rings. The highest BCUT2D eigenvalue weighted by atomic mass is 16.5. The van der Waals surface area contributed by atoms with E-state index in [1.54, 1.807) is 19.4 Å². The van der Waals surface area contributed by atoms with Gasteiger partial charge in [-0.1, -0.05) is 29.4 Å². The lowest BCUT2D eigenvalue weighted by Crippen LogP contribution is -2.26. The monoisotopic (exact) mass is 376 g/mol. The maximum atomic E-state index is 13.2. The second-order valence-corrected chi connectivity index (χ2v) is 6.61. The summed E-state index contributed by atoms with van der Waals surface area (Å²) in [5.41, 5.74) is 2.82. The summed E-state index contributed by atoms with van der Waals surface area (Å²) >= 11 is 0. The number of benzene rings is 2. The zero-order valence-electron chi connectivity index (χ0n) is 15.9. The van der Waals surface area contributed by atoms with Crippen LogP contribution in [0.15, 0.2) is 53.3 Å². The molecule has 4 aromatic rings. The molecular formula is C21H20N4O3. The van der Waals surface area contributed by atoms with Crippen LogP contribution < -0.4 is 9.64 Å². The van der Waals surface area contributed by atoms with Gasteiger partial charge < -0.3 is 14.2 Å². The van der Waals surface area contributed by atoms with Crippen molar-refractivity contribution in [2.24, 2.45) is 0 Å². The van der Waals surface area contributed by atoms with Crippen LogP contribution in [0.25, 0.3) is 10.8 Å². The fourth-order valence-electron chi connectivity index (χ4n) is 3.09. The molecule has 0 radical (unpaired) electrons. The van der Waals surface area contributed by atoms with Crippen molar-refractivity contribution >= 4 is 22.4 Å². The Balaban J connectivity index is 1.73. The maximum absolute atomic E-state index is 13.2. The number of carbonyl (C=O) groups excluding carboxylic acids is 1. The molecule has 4 rings (SSSR count). The van der Waals surface area contributed by atoms with Gasteiger partial charge in [0.1, 0.15) is 18.1 Å². The number of fused-ring (bicyclic) bond motifs is 1. The number of amides is 1. The van der Waals surface area contributed by atoms with Gasteiger partial charge in [-0.25, -0.2) is 0 Å². The van der Waals surface area contributed by atoms with E-state index in [1.165, 1.54) is 4.90 Å². The van der Waals surface area contributed by atoms with Crippen molar-refractivity contribution in [3.8, 4) is 5.75 Å². The lowest BCUT2D eigenvalue weighted by molar-refractivity contribution is 0.0989. The molecule has 2 aromatic carbocycles. The van der Waals surface area contributed by atoms with Crippen molar-refractivity contribution in [3.05, 3.63) is 71.4 Å². The lowest BCUT2D eigenvalue weighted by Gasteiger charge is -2.18. The molecule has 1 amide bonds. The summed E-state index contributed by atoms with van der Waals surface area (Å²) in [7, 11) is 1.71. The molecule has 0 aliphatic rings. The zero-order chi connectivity index (χ0) is 19.7. The number of aryl methyl sites for hydroxylation is 2. The van der Waals surface area contributed by atoms with Gasteiger partial charge in [0.25, 0.3) is 5.91 Å². The first kappa shape index (κ1) is 17.8. The highest BCUT2D eigenvalue weighted by molar-refractivity contribution is 6.09. The predicted molar refractivity (Wildman–Crippen MR) is 106 cm³/mol. The topological polar surface area (TPSA) is 84.2 Å². The first-order valence-corrected chi connectivity index (χ1v) is 8.89. The average molecular weight is 376 g/mol. The minimum atomic E-state index is -0.180. The number of anilines is 1. The molecule has 7 nitrogen and oxygen atoms in total. The Morgan fingerprint density at radius 3 is 2.61 bits per heavy atom. The number of nitrogens with zero attached hydrogens (tertiary/aromatic N) is 3. The first-order chi connectivity index (χ1) is 13.5. The summed E-state index contributed by atoms with van der Waals surface area (Å²) < 4.78 is 11.3. The molecule has 1 N–H and O–H groups in total. The second-order valence-electron chi connectivity index (χ2n) is 6.61. The number of aromatic amines is 1. The van der Waals surface area contributed by atoms with Crippen molar-refractivity contribution in [1.29, 1.82) is 0 Å². The van der Waals surface area contributed by atoms with E-state index in [9.17, 15) is 4.79 Å². The largest absolute Gasteiger partial charge is 0.488 e. The number of ether oxygens (including phenoxy) is 1. The predicted octanol–water partition coefficient (Wildman–Crippen LogP) is 4.02. The van der Waals surface area contributed by atoms with Crippen molar-refractivity contribution in [2.75, 3.05) is 11.9 Å². The van der Waals surface area contributed by atoms with Gasteiger partial charge in [-0.05, 0) is 36.8 Å². The SMILES string of the molecule is Cc1noc(C)c1COc1cc2ccccc2cc1C(=O)N(C)c1cn[nH]c1. The molecule has 142 valence electrons. The molecule has 0 atom stereocenters. The van der Waals surface area contributed by atoms with Crippen molar-refractivity contribution in [2.45, 2.75) is 20.5 Å². The summed E-state index contributed by atoms with van der Waals surface area (Å²) in [6, 6.07) is 11.6. The van der Waals surface area contributed by atoms with E-state index in [0.717, 1.165) is 22.0 Å². The number of carbonyl (C=O) groups is 1. The van der Waals surface area contributed by atoms with E-state index in [-0.39, 0.29) is 12.5 Å². The molecule has 0 bridgehead atoms. The van der Waals surface area contributed by atoms with E-state index in [2.05, 4.69) is 15.4 Å². The molecule has 28 heavy (non-hydrogen) atoms. The maximum Gasteiger partial charge on any atom is 0.261 e. The molecule has 0 unspecified atom stereocenters. The van der Waals surface area contributed by atoms with E-state index in [4.69, 9.17) is 9.26 Å². The quantitative estimate of drug-likeness (QED) is 0.569. The average Bonchev–Trinajstić information content (AvgIpc) is 3.35. The van der Waals surface area contributed by atoms with Crippen molar-refractivity contribution in [3.63, 3.8) is 0 Å². The zero-order valence-corrected chi connectivity index (χ0v) is 15.9. The van der Waals surface area contributed by atoms with Gasteiger partial charge in [-0.3, -0.25) is 9.89 Å². The molecule has 0 aliphatic heterocycles. The fourth-order valence-corrected chi connectivity index (χ4v) is 3.09. The van der Waals surface area contributed by atoms with Crippen molar-refractivity contribution < 1.29 is 14.1 Å². The minimum absolute atomic E-state index is 0.180. The summed E-state index contributed by atoms with van der Waals surface area (Å²) in [4.78, 5) is 14.7. The molecule has 7 heteroatoms. The van der Waals surface area contributed by atoms with E-state index in [0.29, 0.717) is 22.8 Å². The highest BCUT2D eigenvalue weighted by Gasteiger charge is 2.21. The van der Waals surface area contributed by atoms with Crippen LogP contribution in [0.1, 0.15) is 27.4 Å². The number of hydrogen-bond donors (Lipinski definition) is 1. The third kappa shape index (κ3) is 3.22. The molecule has 0 saturated carbocycles. The summed E-state index contributed by atoms with van der Waals surface area (Å²) in [6.07, 6.45) is 3.27. The van der Waals surface area contributed by atoms with Crippen molar-refractivity contribution in [1.82, 2.24) is 15.4 Å². The van der Waals surface area contributed by atoms with Gasteiger partial charge in [0.05, 0.1) is 28.7 Å². The smallest absolute Gasteiger partial charge is 0.261 e. The normalized spacial score (nSPS) is 11.0. The van der Waals surface area contributed by atoms with Crippen LogP contribution in [0.3, 0.4) is 0 Å². The van der Waals surface area contributed by atoms with Crippen LogP contribution in [-0.2, 0) is 6.61 Å². The Hall–Kier alpha value is -3.61. The standard InChI is InChI=1S/C21H20N4O3/c1-13-19(14(2)28-24-13)12-27-20-9-16-7-5-4-6-15(16)8-18(20)21(26)25(3)17-10-22-23-11-17/h4-11H,12H2,1-3H3,(H,22,23). The molecular weight excluding hydrogens is 356 g/mol. The molecule has 0 aliphatic carbocycles. The Bertz CT molecular complexity index is 1110. The lowest BCUT2D eigenvalue weighted by atomic mass is 10.0. The number of aromatic nitrogens is 3. The van der Waals surface area contributed by atoms with Crippen LogP contribution >= 0.6 is 0 Å². The third-order valence-electron chi connectivity index (χ3n) is 4.81. The van der Waals surface area contributed by atoms with Gasteiger partial charge in [0, 0.05) is 13.2 Å². The van der Waals surface area contributed by atoms with Gasteiger partial charge >= 0.3 is 0 Å². The summed E-state index contributed by atoms with van der Waals surface area (Å²) in [5, 5.41) is 12.6. The molecule has 2 heterocycles. The Morgan fingerprint density at radius 2 is 1.96 bits per heavy atom. The molecule has 0 saturated heterocycles. The van der Waals surface area contributed by atoms with Gasteiger partial charge in [-0.15, -0.1) is 0 Å². The number of rotatable bonds is 5. The van der Waals surface area contributed by atoms with E-state index in [1.807, 2.05) is 50.2 Å². The Morgan fingerprint density at radius 1 is 1.21 bits per heavy atom. The van der Waals surface area contributed by atoms with Crippen LogP contribution in [-0.4, -0.2) is 28.3 Å². The first-order valence-electron chi connectivity index (χ1n) is 8.89. The highest BCUT2D eigenvalue weighted by Crippen LogP contribution is 2.29. The van der Waals surface area contributed by atoms with Gasteiger partial charge in [0.15, 0.2) is 0 Å². The molecule has 2 aromatic heterocycles. The molecule has 0 spiro atoms. The number of H-pyrrole nitrogens is 1. The van der Waals surface area contributed by atoms with Gasteiger partial charge in [-0.2, -0.15) is 5.10 Å². The van der Waals surface area contributed by atoms with E-state index < -0.39 is 0 Å². The third-order valence-corrected chi connectivity index (χ3v) is 4.81. The minimum Gasteiger partial charge on any atom is -0.488 e. The Labute approximate surface area is 161 Å². The second kappa shape index (κ2) is 7.19. The van der Waals surface area contributed by atoms with Gasteiger partial charge in [0.2, 0.25) is 0 Å². The summed E-state index contributed by atoms with van der Waals surface area (Å²) in [6.45, 7) is 3.99. The fraction of sp³-hybridized carbons (Fsp3) is 0.190. The number of nitrogens with one attached hydrogen (secondary N) is 1. The van der Waals surface area contributed by atoms with E-state index >= 15 is 0 Å². The Kier molecular flexibility index (Phi) is 4.57. The van der Waals surface area contributed by atoms with Crippen LogP contribution in [0.4, 0.5) is 5.69 Å². The van der Waals surface area contributed by atoms with Crippen LogP contribution in [0.5, 0.6) is 5.75 Å².